The minimum absolute atomic E-state index is 0.221. The topological polar surface area (TPSA) is 49.0 Å². The molecule has 0 saturated carbocycles. The number of anilines is 1. The number of nitrogens with zero attached hydrogens (tertiary/aromatic N) is 2. The lowest BCUT2D eigenvalue weighted by molar-refractivity contribution is 0.627. The lowest BCUT2D eigenvalue weighted by atomic mass is 10.1. The molecule has 2 aromatic carbocycles. The Bertz CT molecular complexity index is 921. The molecule has 0 aliphatic heterocycles. The van der Waals surface area contributed by atoms with Gasteiger partial charge in [-0.2, -0.15) is 0 Å². The standard InChI is InChI=1S/C16H13BrFN3O/c1-21(2)13-8-9(18)7-11(17)14(13)15-19-12-6-4-3-5-10(12)16(22)20-15/h3-8H,1-2H3,(H,19,20,22). The molecule has 1 aromatic heterocycles. The summed E-state index contributed by atoms with van der Waals surface area (Å²) in [6.07, 6.45) is 0. The summed E-state index contributed by atoms with van der Waals surface area (Å²) in [4.78, 5) is 21.3. The van der Waals surface area contributed by atoms with Crippen molar-refractivity contribution in [2.45, 2.75) is 0 Å². The molecule has 0 fully saturated rings. The highest BCUT2D eigenvalue weighted by atomic mass is 79.9. The monoisotopic (exact) mass is 361 g/mol. The van der Waals surface area contributed by atoms with Crippen LogP contribution in [0.25, 0.3) is 22.3 Å². The van der Waals surface area contributed by atoms with Crippen LogP contribution in [-0.2, 0) is 0 Å². The van der Waals surface area contributed by atoms with Gasteiger partial charge >= 0.3 is 0 Å². The molecule has 0 spiro atoms. The number of benzene rings is 2. The molecule has 1 N–H and O–H groups in total. The summed E-state index contributed by atoms with van der Waals surface area (Å²) >= 11 is 3.36. The summed E-state index contributed by atoms with van der Waals surface area (Å²) < 4.78 is 14.2. The average Bonchev–Trinajstić information content (AvgIpc) is 2.46. The highest BCUT2D eigenvalue weighted by molar-refractivity contribution is 9.10. The first kappa shape index (κ1) is 14.7. The highest BCUT2D eigenvalue weighted by Crippen LogP contribution is 2.35. The van der Waals surface area contributed by atoms with E-state index in [0.29, 0.717) is 32.5 Å². The van der Waals surface area contributed by atoms with Crippen LogP contribution in [0.3, 0.4) is 0 Å². The normalized spacial score (nSPS) is 10.9. The van der Waals surface area contributed by atoms with Gasteiger partial charge in [0, 0.05) is 18.6 Å². The lowest BCUT2D eigenvalue weighted by Crippen LogP contribution is -2.14. The molecule has 112 valence electrons. The predicted molar refractivity (Wildman–Crippen MR) is 89.8 cm³/mol. The van der Waals surface area contributed by atoms with E-state index in [1.54, 1.807) is 23.1 Å². The smallest absolute Gasteiger partial charge is 0.259 e. The molecule has 0 aliphatic carbocycles. The molecule has 22 heavy (non-hydrogen) atoms. The van der Waals surface area contributed by atoms with Gasteiger partial charge < -0.3 is 9.88 Å². The number of halogens is 2. The Kier molecular flexibility index (Phi) is 3.70. The van der Waals surface area contributed by atoms with E-state index in [1.165, 1.54) is 12.1 Å². The van der Waals surface area contributed by atoms with E-state index in [9.17, 15) is 9.18 Å². The number of para-hydroxylation sites is 1. The number of nitrogens with one attached hydrogen (secondary N) is 1. The molecule has 3 aromatic rings. The Morgan fingerprint density at radius 1 is 1.23 bits per heavy atom. The van der Waals surface area contributed by atoms with E-state index in [2.05, 4.69) is 25.9 Å². The predicted octanol–water partition coefficient (Wildman–Crippen LogP) is 3.56. The number of fused-ring (bicyclic) bond motifs is 1. The van der Waals surface area contributed by atoms with Crippen molar-refractivity contribution in [3.05, 3.63) is 57.0 Å². The largest absolute Gasteiger partial charge is 0.377 e. The minimum atomic E-state index is -0.359. The Morgan fingerprint density at radius 3 is 2.68 bits per heavy atom. The maximum Gasteiger partial charge on any atom is 0.259 e. The Hall–Kier alpha value is -2.21. The second kappa shape index (κ2) is 5.53. The first-order valence-electron chi connectivity index (χ1n) is 6.63. The number of H-pyrrole nitrogens is 1. The highest BCUT2D eigenvalue weighted by Gasteiger charge is 2.16. The van der Waals surface area contributed by atoms with E-state index in [-0.39, 0.29) is 11.4 Å². The average molecular weight is 362 g/mol. The molecule has 0 unspecified atom stereocenters. The molecule has 0 amide bonds. The fourth-order valence-corrected chi connectivity index (χ4v) is 2.96. The van der Waals surface area contributed by atoms with Gasteiger partial charge in [-0.15, -0.1) is 0 Å². The summed E-state index contributed by atoms with van der Waals surface area (Å²) in [6.45, 7) is 0. The molecule has 6 heteroatoms. The van der Waals surface area contributed by atoms with Gasteiger partial charge in [-0.3, -0.25) is 4.79 Å². The van der Waals surface area contributed by atoms with E-state index in [4.69, 9.17) is 0 Å². The zero-order chi connectivity index (χ0) is 15.9. The fourth-order valence-electron chi connectivity index (χ4n) is 2.35. The molecule has 0 radical (unpaired) electrons. The molecule has 0 atom stereocenters. The van der Waals surface area contributed by atoms with Crippen molar-refractivity contribution in [1.29, 1.82) is 0 Å². The summed E-state index contributed by atoms with van der Waals surface area (Å²) in [5.41, 5.74) is 1.66. The van der Waals surface area contributed by atoms with Crippen molar-refractivity contribution in [2.24, 2.45) is 0 Å². The lowest BCUT2D eigenvalue weighted by Gasteiger charge is -2.18. The number of hydrogen-bond donors (Lipinski definition) is 1. The summed E-state index contributed by atoms with van der Waals surface area (Å²) in [5.74, 6) is 0.0433. The van der Waals surface area contributed by atoms with E-state index in [0.717, 1.165) is 0 Å². The third kappa shape index (κ3) is 2.50. The van der Waals surface area contributed by atoms with Crippen molar-refractivity contribution < 1.29 is 4.39 Å². The molecule has 1 heterocycles. The Balaban J connectivity index is 2.35. The van der Waals surface area contributed by atoms with Crippen LogP contribution in [0.1, 0.15) is 0 Å². The van der Waals surface area contributed by atoms with Crippen LogP contribution in [0.15, 0.2) is 45.7 Å². The van der Waals surface area contributed by atoms with Gasteiger partial charge in [0.2, 0.25) is 0 Å². The van der Waals surface area contributed by atoms with Gasteiger partial charge in [0.15, 0.2) is 0 Å². The van der Waals surface area contributed by atoms with Crippen molar-refractivity contribution in [2.75, 3.05) is 19.0 Å². The molecule has 0 bridgehead atoms. The first-order valence-corrected chi connectivity index (χ1v) is 7.42. The number of hydrogen-bond acceptors (Lipinski definition) is 3. The quantitative estimate of drug-likeness (QED) is 0.759. The van der Waals surface area contributed by atoms with Crippen LogP contribution in [-0.4, -0.2) is 24.1 Å². The molecule has 0 aliphatic rings. The molecular weight excluding hydrogens is 349 g/mol. The van der Waals surface area contributed by atoms with Crippen molar-refractivity contribution >= 4 is 32.5 Å². The number of rotatable bonds is 2. The van der Waals surface area contributed by atoms with Crippen molar-refractivity contribution in [3.63, 3.8) is 0 Å². The van der Waals surface area contributed by atoms with E-state index >= 15 is 0 Å². The maximum atomic E-state index is 13.7. The SMILES string of the molecule is CN(C)c1cc(F)cc(Br)c1-c1nc2ccccc2c(=O)[nH]1. The van der Waals surface area contributed by atoms with Gasteiger partial charge in [0.1, 0.15) is 11.6 Å². The van der Waals surface area contributed by atoms with Crippen LogP contribution < -0.4 is 10.5 Å². The first-order chi connectivity index (χ1) is 10.5. The van der Waals surface area contributed by atoms with Crippen LogP contribution >= 0.6 is 15.9 Å². The van der Waals surface area contributed by atoms with Crippen LogP contribution in [0.4, 0.5) is 10.1 Å². The van der Waals surface area contributed by atoms with Gasteiger partial charge in [0.25, 0.3) is 5.56 Å². The van der Waals surface area contributed by atoms with Crippen molar-refractivity contribution in [1.82, 2.24) is 9.97 Å². The van der Waals surface area contributed by atoms with Gasteiger partial charge in [-0.05, 0) is 40.2 Å². The third-order valence-corrected chi connectivity index (χ3v) is 3.99. The van der Waals surface area contributed by atoms with E-state index in [1.807, 2.05) is 20.2 Å². The van der Waals surface area contributed by atoms with Crippen molar-refractivity contribution in [3.8, 4) is 11.4 Å². The van der Waals surface area contributed by atoms with Crippen LogP contribution in [0, 0.1) is 5.82 Å². The van der Waals surface area contributed by atoms with Gasteiger partial charge in [-0.25, -0.2) is 9.37 Å². The Labute approximate surface area is 134 Å². The number of aromatic amines is 1. The second-order valence-corrected chi connectivity index (χ2v) is 5.96. The molecule has 4 nitrogen and oxygen atoms in total. The molecule has 0 saturated heterocycles. The summed E-state index contributed by atoms with van der Waals surface area (Å²) in [5, 5.41) is 0.524. The zero-order valence-electron chi connectivity index (χ0n) is 12.0. The molecular formula is C16H13BrFN3O. The van der Waals surface area contributed by atoms with E-state index < -0.39 is 0 Å². The van der Waals surface area contributed by atoms with Gasteiger partial charge in [-0.1, -0.05) is 12.1 Å². The fraction of sp³-hybridized carbons (Fsp3) is 0.125. The second-order valence-electron chi connectivity index (χ2n) is 5.11. The number of aromatic nitrogens is 2. The maximum absolute atomic E-state index is 13.7. The Morgan fingerprint density at radius 2 is 1.95 bits per heavy atom. The third-order valence-electron chi connectivity index (χ3n) is 3.37. The van der Waals surface area contributed by atoms with Gasteiger partial charge in [0.05, 0.1) is 22.2 Å². The zero-order valence-corrected chi connectivity index (χ0v) is 13.6. The van der Waals surface area contributed by atoms with Crippen LogP contribution in [0.5, 0.6) is 0 Å². The molecule has 3 rings (SSSR count). The summed E-state index contributed by atoms with van der Waals surface area (Å²) in [7, 11) is 3.62. The minimum Gasteiger partial charge on any atom is -0.377 e. The summed E-state index contributed by atoms with van der Waals surface area (Å²) in [6, 6.07) is 9.88. The van der Waals surface area contributed by atoms with Crippen LogP contribution in [0.2, 0.25) is 0 Å².